The lowest BCUT2D eigenvalue weighted by molar-refractivity contribution is 0.364. The van der Waals surface area contributed by atoms with Crippen LogP contribution in [0.4, 0.5) is 8.78 Å². The van der Waals surface area contributed by atoms with Crippen molar-refractivity contribution in [3.05, 3.63) is 35.4 Å². The number of nitrogens with one attached hydrogen (secondary N) is 1. The zero-order valence-corrected chi connectivity index (χ0v) is 7.19. The minimum atomic E-state index is -0.365. The zero-order chi connectivity index (χ0) is 9.26. The molecule has 1 saturated heterocycles. The van der Waals surface area contributed by atoms with E-state index in [9.17, 15) is 8.78 Å². The van der Waals surface area contributed by atoms with Gasteiger partial charge in [-0.05, 0) is 43.1 Å². The molecule has 0 spiro atoms. The fourth-order valence-electron chi connectivity index (χ4n) is 1.49. The molecule has 0 bridgehead atoms. The molecule has 0 radical (unpaired) electrons. The maximum Gasteiger partial charge on any atom is 0.126 e. The van der Waals surface area contributed by atoms with Crippen molar-refractivity contribution in [2.24, 2.45) is 0 Å². The Morgan fingerprint density at radius 3 is 2.77 bits per heavy atom. The first kappa shape index (κ1) is 8.63. The Morgan fingerprint density at radius 2 is 2.15 bits per heavy atom. The molecule has 1 N–H and O–H groups in total. The maximum atomic E-state index is 13.1. The van der Waals surface area contributed by atoms with Crippen molar-refractivity contribution >= 4 is 0 Å². The van der Waals surface area contributed by atoms with Gasteiger partial charge in [0.1, 0.15) is 11.6 Å². The maximum absolute atomic E-state index is 13.1. The van der Waals surface area contributed by atoms with Crippen molar-refractivity contribution in [1.29, 1.82) is 0 Å². The SMILES string of the molecule is Fc1ccc(F)c(C[C@@H]2CCN2)c1. The Labute approximate surface area is 75.8 Å². The standard InChI is InChI=1S/C10H11F2N/c11-8-1-2-10(12)7(5-8)6-9-3-4-13-9/h1-2,5,9,13H,3-4,6H2/t9-/m0/s1. The summed E-state index contributed by atoms with van der Waals surface area (Å²) in [5.41, 5.74) is 0.470. The van der Waals surface area contributed by atoms with Crippen LogP contribution in [0.25, 0.3) is 0 Å². The smallest absolute Gasteiger partial charge is 0.126 e. The average molecular weight is 183 g/mol. The van der Waals surface area contributed by atoms with E-state index in [1.165, 1.54) is 12.1 Å². The molecule has 13 heavy (non-hydrogen) atoms. The van der Waals surface area contributed by atoms with Crippen molar-refractivity contribution in [3.63, 3.8) is 0 Å². The zero-order valence-electron chi connectivity index (χ0n) is 7.19. The number of halogens is 2. The molecular weight excluding hydrogens is 172 g/mol. The summed E-state index contributed by atoms with van der Waals surface area (Å²) in [7, 11) is 0. The molecule has 1 aliphatic rings. The first-order valence-electron chi connectivity index (χ1n) is 4.43. The second kappa shape index (κ2) is 3.42. The van der Waals surface area contributed by atoms with Gasteiger partial charge in [-0.1, -0.05) is 0 Å². The highest BCUT2D eigenvalue weighted by Gasteiger charge is 2.18. The van der Waals surface area contributed by atoms with E-state index in [4.69, 9.17) is 0 Å². The minimum absolute atomic E-state index is 0.310. The van der Waals surface area contributed by atoms with Gasteiger partial charge < -0.3 is 5.32 Å². The number of benzene rings is 1. The van der Waals surface area contributed by atoms with Gasteiger partial charge >= 0.3 is 0 Å². The second-order valence-electron chi connectivity index (χ2n) is 3.38. The molecule has 1 aliphatic heterocycles. The largest absolute Gasteiger partial charge is 0.314 e. The van der Waals surface area contributed by atoms with Crippen LogP contribution in [0.5, 0.6) is 0 Å². The third kappa shape index (κ3) is 1.86. The van der Waals surface area contributed by atoms with Crippen molar-refractivity contribution < 1.29 is 8.78 Å². The lowest BCUT2D eigenvalue weighted by Gasteiger charge is -2.27. The minimum Gasteiger partial charge on any atom is -0.314 e. The van der Waals surface area contributed by atoms with Crippen LogP contribution >= 0.6 is 0 Å². The molecule has 0 unspecified atom stereocenters. The van der Waals surface area contributed by atoms with Gasteiger partial charge in [0.25, 0.3) is 0 Å². The molecule has 3 heteroatoms. The fraction of sp³-hybridized carbons (Fsp3) is 0.400. The van der Waals surface area contributed by atoms with Crippen LogP contribution in [0.1, 0.15) is 12.0 Å². The van der Waals surface area contributed by atoms with E-state index in [1.54, 1.807) is 0 Å². The monoisotopic (exact) mass is 183 g/mol. The molecule has 0 aromatic heterocycles. The molecule has 0 amide bonds. The average Bonchev–Trinajstić information content (AvgIpc) is 2.03. The van der Waals surface area contributed by atoms with E-state index >= 15 is 0 Å². The van der Waals surface area contributed by atoms with Crippen LogP contribution in [0.3, 0.4) is 0 Å². The highest BCUT2D eigenvalue weighted by atomic mass is 19.1. The molecule has 2 rings (SSSR count). The Hall–Kier alpha value is -0.960. The van der Waals surface area contributed by atoms with E-state index in [0.717, 1.165) is 19.0 Å². The van der Waals surface area contributed by atoms with Gasteiger partial charge in [-0.25, -0.2) is 8.78 Å². The van der Waals surface area contributed by atoms with Crippen LogP contribution in [0.15, 0.2) is 18.2 Å². The van der Waals surface area contributed by atoms with Gasteiger partial charge in [-0.2, -0.15) is 0 Å². The summed E-state index contributed by atoms with van der Waals surface area (Å²) in [6.45, 7) is 0.988. The third-order valence-electron chi connectivity index (χ3n) is 2.40. The molecule has 1 heterocycles. The quantitative estimate of drug-likeness (QED) is 0.738. The van der Waals surface area contributed by atoms with E-state index < -0.39 is 0 Å². The number of hydrogen-bond acceptors (Lipinski definition) is 1. The van der Waals surface area contributed by atoms with Crippen LogP contribution in [-0.4, -0.2) is 12.6 Å². The molecule has 1 aromatic rings. The van der Waals surface area contributed by atoms with Gasteiger partial charge in [0.2, 0.25) is 0 Å². The van der Waals surface area contributed by atoms with Crippen molar-refractivity contribution in [3.8, 4) is 0 Å². The summed E-state index contributed by atoms with van der Waals surface area (Å²) < 4.78 is 25.8. The van der Waals surface area contributed by atoms with Crippen LogP contribution in [-0.2, 0) is 6.42 Å². The molecule has 1 fully saturated rings. The summed E-state index contributed by atoms with van der Waals surface area (Å²) in [5.74, 6) is -0.675. The van der Waals surface area contributed by atoms with Crippen molar-refractivity contribution in [2.45, 2.75) is 18.9 Å². The van der Waals surface area contributed by atoms with E-state index in [2.05, 4.69) is 5.32 Å². The van der Waals surface area contributed by atoms with Crippen LogP contribution in [0.2, 0.25) is 0 Å². The van der Waals surface area contributed by atoms with E-state index in [-0.39, 0.29) is 11.6 Å². The van der Waals surface area contributed by atoms with Gasteiger partial charge in [-0.3, -0.25) is 0 Å². The van der Waals surface area contributed by atoms with Gasteiger partial charge in [0.15, 0.2) is 0 Å². The van der Waals surface area contributed by atoms with E-state index in [1.807, 2.05) is 0 Å². The topological polar surface area (TPSA) is 12.0 Å². The first-order valence-corrected chi connectivity index (χ1v) is 4.43. The summed E-state index contributed by atoms with van der Waals surface area (Å²) in [6.07, 6.45) is 1.64. The van der Waals surface area contributed by atoms with Crippen LogP contribution < -0.4 is 5.32 Å². The lowest BCUT2D eigenvalue weighted by Crippen LogP contribution is -2.44. The van der Waals surface area contributed by atoms with Gasteiger partial charge in [-0.15, -0.1) is 0 Å². The first-order chi connectivity index (χ1) is 6.25. The molecule has 1 nitrogen and oxygen atoms in total. The molecular formula is C10H11F2N. The van der Waals surface area contributed by atoms with Crippen LogP contribution in [0, 0.1) is 11.6 Å². The Kier molecular flexibility index (Phi) is 2.27. The predicted molar refractivity (Wildman–Crippen MR) is 46.5 cm³/mol. The predicted octanol–water partition coefficient (Wildman–Crippen LogP) is 1.87. The summed E-state index contributed by atoms with van der Waals surface area (Å²) >= 11 is 0. The summed E-state index contributed by atoms with van der Waals surface area (Å²) in [6, 6.07) is 3.93. The molecule has 0 aliphatic carbocycles. The molecule has 1 aromatic carbocycles. The van der Waals surface area contributed by atoms with Gasteiger partial charge in [0.05, 0.1) is 0 Å². The molecule has 1 atom stereocenters. The fourth-order valence-corrected chi connectivity index (χ4v) is 1.49. The van der Waals surface area contributed by atoms with E-state index in [0.29, 0.717) is 18.0 Å². The Morgan fingerprint density at radius 1 is 1.38 bits per heavy atom. The third-order valence-corrected chi connectivity index (χ3v) is 2.40. The molecule has 0 saturated carbocycles. The summed E-state index contributed by atoms with van der Waals surface area (Å²) in [5, 5.41) is 3.15. The van der Waals surface area contributed by atoms with Crippen molar-refractivity contribution in [2.75, 3.05) is 6.54 Å². The van der Waals surface area contributed by atoms with Gasteiger partial charge in [0, 0.05) is 6.04 Å². The summed E-state index contributed by atoms with van der Waals surface area (Å²) in [4.78, 5) is 0. The Bertz CT molecular complexity index is 308. The lowest BCUT2D eigenvalue weighted by atomic mass is 9.98. The highest BCUT2D eigenvalue weighted by Crippen LogP contribution is 2.15. The second-order valence-corrected chi connectivity index (χ2v) is 3.38. The number of rotatable bonds is 2. The highest BCUT2D eigenvalue weighted by molar-refractivity contribution is 5.20. The van der Waals surface area contributed by atoms with Crippen molar-refractivity contribution in [1.82, 2.24) is 5.32 Å². The molecule has 70 valence electrons. The normalized spacial score (nSPS) is 21.2. The Balaban J connectivity index is 2.13. The number of hydrogen-bond donors (Lipinski definition) is 1.